The van der Waals surface area contributed by atoms with E-state index < -0.39 is 37.6 Å². The van der Waals surface area contributed by atoms with Crippen molar-refractivity contribution in [1.29, 1.82) is 0 Å². The average molecular weight is 676 g/mol. The third-order valence-electron chi connectivity index (χ3n) is 9.39. The minimum atomic E-state index is -4.47. The third kappa shape index (κ3) is 6.07. The molecular formula is C35H35N2O8S2+. The molecule has 0 bridgehead atoms. The molecule has 1 aromatic heterocycles. The summed E-state index contributed by atoms with van der Waals surface area (Å²) in [5.41, 5.74) is 5.96. The predicted molar refractivity (Wildman–Crippen MR) is 177 cm³/mol. The highest BCUT2D eigenvalue weighted by Gasteiger charge is 2.61. The Morgan fingerprint density at radius 3 is 2.15 bits per heavy atom. The number of quaternary nitrogens is 1. The number of fused-ring (bicyclic) bond motifs is 3. The van der Waals surface area contributed by atoms with Crippen LogP contribution in [0.1, 0.15) is 31.6 Å². The lowest BCUT2D eigenvalue weighted by Crippen LogP contribution is -2.62. The van der Waals surface area contributed by atoms with Gasteiger partial charge in [0.1, 0.15) is 0 Å². The molecule has 4 aromatic carbocycles. The summed E-state index contributed by atoms with van der Waals surface area (Å²) in [4.78, 5) is 0. The van der Waals surface area contributed by atoms with Crippen molar-refractivity contribution in [2.45, 2.75) is 50.3 Å². The van der Waals surface area contributed by atoms with Gasteiger partial charge in [0.05, 0.1) is 16.7 Å². The second-order valence-corrected chi connectivity index (χ2v) is 15.4. The number of ether oxygens (including phenoxy) is 1. The summed E-state index contributed by atoms with van der Waals surface area (Å²) in [6, 6.07) is 31.3. The highest BCUT2D eigenvalue weighted by molar-refractivity contribution is 7.86. The van der Waals surface area contributed by atoms with Crippen LogP contribution in [0.15, 0.2) is 101 Å². The maximum atomic E-state index is 13.0. The largest absolute Gasteiger partial charge is 0.748 e. The van der Waals surface area contributed by atoms with Gasteiger partial charge in [-0.15, -0.1) is 0 Å². The summed E-state index contributed by atoms with van der Waals surface area (Å²) in [6.07, 6.45) is 0.885. The quantitative estimate of drug-likeness (QED) is 0.0867. The fraction of sp³-hybridized carbons (Fsp3) is 0.286. The van der Waals surface area contributed by atoms with Crippen molar-refractivity contribution in [3.05, 3.63) is 103 Å². The predicted octanol–water partition coefficient (Wildman–Crippen LogP) is 5.66. The standard InChI is InChI=1S/C35H34N2O8S2/c38-46(39,40)21-8-7-19-36-29-22-27(25-10-3-1-4-11-25)15-17-31(29)44-33(36)24-34-37(20-9-14-35(37)47(41,42)43)30-23-28(16-18-32(30)45-34)26-12-5-2-6-13-26/h1-6,10-13,15-18,22-23,34-35H,7-9,14,19-21,24H2/p+1. The van der Waals surface area contributed by atoms with Gasteiger partial charge >= 0.3 is 16.0 Å². The van der Waals surface area contributed by atoms with Gasteiger partial charge in [-0.25, -0.2) is 12.9 Å². The number of unbranched alkanes of at least 4 members (excludes halogenated alkanes) is 1. The maximum absolute atomic E-state index is 13.0. The monoisotopic (exact) mass is 675 g/mol. The molecule has 0 saturated carbocycles. The smallest absolute Gasteiger partial charge is 0.358 e. The van der Waals surface area contributed by atoms with Gasteiger partial charge in [0.2, 0.25) is 11.0 Å². The Labute approximate surface area is 273 Å². The van der Waals surface area contributed by atoms with Crippen molar-refractivity contribution in [3.63, 3.8) is 0 Å². The molecule has 0 amide bonds. The van der Waals surface area contributed by atoms with Crippen molar-refractivity contribution in [2.75, 3.05) is 12.3 Å². The summed E-state index contributed by atoms with van der Waals surface area (Å²) in [7, 11) is -8.83. The van der Waals surface area contributed by atoms with Gasteiger partial charge in [-0.1, -0.05) is 72.8 Å². The summed E-state index contributed by atoms with van der Waals surface area (Å²) in [5.74, 6) is 0.615. The normalized spacial score (nSPS) is 20.9. The molecule has 3 atom stereocenters. The first kappa shape index (κ1) is 31.5. The Kier molecular flexibility index (Phi) is 8.17. The van der Waals surface area contributed by atoms with Crippen LogP contribution in [0.4, 0.5) is 5.69 Å². The van der Waals surface area contributed by atoms with Gasteiger partial charge in [-0.2, -0.15) is 13.0 Å². The van der Waals surface area contributed by atoms with E-state index in [9.17, 15) is 25.9 Å². The van der Waals surface area contributed by atoms with Crippen LogP contribution in [0.3, 0.4) is 0 Å². The first-order chi connectivity index (χ1) is 22.5. The van der Waals surface area contributed by atoms with Crippen molar-refractivity contribution in [2.24, 2.45) is 0 Å². The molecule has 1 fully saturated rings. The molecule has 47 heavy (non-hydrogen) atoms. The Balaban J connectivity index is 1.31. The Morgan fingerprint density at radius 2 is 1.49 bits per heavy atom. The van der Waals surface area contributed by atoms with Crippen LogP contribution >= 0.6 is 0 Å². The van der Waals surface area contributed by atoms with Crippen molar-refractivity contribution in [1.82, 2.24) is 4.48 Å². The lowest BCUT2D eigenvalue weighted by molar-refractivity contribution is -0.685. The Bertz CT molecular complexity index is 2150. The number of benzene rings is 4. The second kappa shape index (κ2) is 12.2. The summed E-state index contributed by atoms with van der Waals surface area (Å²) in [6.45, 7) is 0.815. The van der Waals surface area contributed by atoms with E-state index in [1.807, 2.05) is 102 Å². The lowest BCUT2D eigenvalue weighted by atomic mass is 10.0. The molecule has 1 spiro atoms. The number of oxazole rings is 1. The molecule has 1 saturated heterocycles. The summed E-state index contributed by atoms with van der Waals surface area (Å²) < 4.78 is 85.3. The highest BCUT2D eigenvalue weighted by Crippen LogP contribution is 2.51. The summed E-state index contributed by atoms with van der Waals surface area (Å²) in [5, 5.41) is -1.12. The zero-order valence-corrected chi connectivity index (χ0v) is 27.2. The van der Waals surface area contributed by atoms with Crippen molar-refractivity contribution in [3.8, 4) is 28.0 Å². The Morgan fingerprint density at radius 1 is 0.830 bits per heavy atom. The van der Waals surface area contributed by atoms with Gasteiger partial charge in [-0.3, -0.25) is 4.55 Å². The molecule has 12 heteroatoms. The molecule has 5 aromatic rings. The van der Waals surface area contributed by atoms with Gasteiger partial charge < -0.3 is 13.7 Å². The van der Waals surface area contributed by atoms with E-state index in [0.717, 1.165) is 27.8 Å². The van der Waals surface area contributed by atoms with Gasteiger partial charge in [-0.05, 0) is 40.8 Å². The minimum absolute atomic E-state index is 0.0877. The number of aromatic nitrogens is 1. The molecule has 0 radical (unpaired) electrons. The topological polar surface area (TPSA) is 138 Å². The molecule has 2 aliphatic heterocycles. The molecule has 3 unspecified atom stereocenters. The SMILES string of the molecule is O=S(=O)([O-])CCCC[n+]1c(CC2Oc3ccc(-c4ccccc4)cc3[N+]23CCCC3S(=O)(=O)O)oc2ccc(-c3ccccc3)cc21. The molecule has 244 valence electrons. The number of hydrogen-bond acceptors (Lipinski definition) is 7. The van der Waals surface area contributed by atoms with E-state index in [1.54, 1.807) is 0 Å². The molecule has 7 rings (SSSR count). The molecule has 10 nitrogen and oxygen atoms in total. The summed E-state index contributed by atoms with van der Waals surface area (Å²) >= 11 is 0. The second-order valence-electron chi connectivity index (χ2n) is 12.3. The van der Waals surface area contributed by atoms with E-state index in [1.165, 1.54) is 0 Å². The lowest BCUT2D eigenvalue weighted by Gasteiger charge is -2.36. The van der Waals surface area contributed by atoms with Gasteiger partial charge in [0, 0.05) is 37.1 Å². The molecule has 2 aliphatic rings. The van der Waals surface area contributed by atoms with Crippen LogP contribution in [-0.2, 0) is 33.2 Å². The van der Waals surface area contributed by atoms with Crippen LogP contribution in [0, 0.1) is 0 Å². The number of aryl methyl sites for hydroxylation is 1. The first-order valence-electron chi connectivity index (χ1n) is 15.7. The number of rotatable bonds is 10. The fourth-order valence-electron chi connectivity index (χ4n) is 7.28. The van der Waals surface area contributed by atoms with E-state index in [0.29, 0.717) is 48.8 Å². The molecule has 3 heterocycles. The average Bonchev–Trinajstić information content (AvgIpc) is 3.74. The third-order valence-corrected chi connectivity index (χ3v) is 11.5. The van der Waals surface area contributed by atoms with Crippen LogP contribution < -0.4 is 13.8 Å². The van der Waals surface area contributed by atoms with Crippen LogP contribution in [0.25, 0.3) is 33.4 Å². The highest BCUT2D eigenvalue weighted by atomic mass is 32.2. The van der Waals surface area contributed by atoms with Gasteiger partial charge in [0.15, 0.2) is 24.4 Å². The van der Waals surface area contributed by atoms with Crippen molar-refractivity contribution >= 4 is 37.0 Å². The van der Waals surface area contributed by atoms with Crippen LogP contribution in [0.2, 0.25) is 0 Å². The van der Waals surface area contributed by atoms with E-state index in [2.05, 4.69) is 0 Å². The molecular weight excluding hydrogens is 641 g/mol. The minimum Gasteiger partial charge on any atom is -0.748 e. The fourth-order valence-corrected chi connectivity index (χ4v) is 9.14. The first-order valence-corrected chi connectivity index (χ1v) is 18.8. The number of nitrogens with zero attached hydrogens (tertiary/aromatic N) is 2. The Hall–Kier alpha value is -4.07. The van der Waals surface area contributed by atoms with Crippen molar-refractivity contribution < 1.29 is 39.7 Å². The molecule has 1 N–H and O–H groups in total. The van der Waals surface area contributed by atoms with E-state index in [4.69, 9.17) is 9.15 Å². The zero-order chi connectivity index (χ0) is 32.8. The maximum Gasteiger partial charge on any atom is 0.358 e. The van der Waals surface area contributed by atoms with E-state index in [-0.39, 0.29) is 23.7 Å². The van der Waals surface area contributed by atoms with Crippen LogP contribution in [-0.4, -0.2) is 49.8 Å². The zero-order valence-electron chi connectivity index (χ0n) is 25.6. The number of hydrogen-bond donors (Lipinski definition) is 1. The molecule has 0 aliphatic carbocycles. The van der Waals surface area contributed by atoms with E-state index >= 15 is 0 Å². The van der Waals surface area contributed by atoms with Crippen LogP contribution in [0.5, 0.6) is 5.75 Å². The van der Waals surface area contributed by atoms with Gasteiger partial charge in [0.25, 0.3) is 11.7 Å².